The zero-order chi connectivity index (χ0) is 31.3. The summed E-state index contributed by atoms with van der Waals surface area (Å²) < 4.78 is 53.0. The van der Waals surface area contributed by atoms with Crippen molar-refractivity contribution in [1.29, 1.82) is 0 Å². The Bertz CT molecular complexity index is 1890. The summed E-state index contributed by atoms with van der Waals surface area (Å²) in [7, 11) is 0. The molecule has 1 N–H and O–H groups in total. The van der Waals surface area contributed by atoms with Crippen LogP contribution in [0.5, 0.6) is 6.01 Å². The minimum absolute atomic E-state index is 0.117. The van der Waals surface area contributed by atoms with E-state index in [9.17, 15) is 8.78 Å². The number of hydrogen-bond acceptors (Lipinski definition) is 7. The Balaban J connectivity index is 1.25. The van der Waals surface area contributed by atoms with E-state index in [0.29, 0.717) is 65.1 Å². The Labute approximate surface area is 266 Å². The van der Waals surface area contributed by atoms with E-state index in [1.165, 1.54) is 6.07 Å². The Morgan fingerprint density at radius 1 is 1.04 bits per heavy atom. The van der Waals surface area contributed by atoms with Crippen LogP contribution < -0.4 is 15.0 Å². The lowest BCUT2D eigenvalue weighted by Crippen LogP contribution is -2.61. The van der Waals surface area contributed by atoms with Gasteiger partial charge >= 0.3 is 6.01 Å². The largest absolute Gasteiger partial charge is 0.461 e. The number of nitrogens with one attached hydrogen (secondary N) is 1. The minimum atomic E-state index is -0.879. The van der Waals surface area contributed by atoms with E-state index < -0.39 is 12.0 Å². The summed E-state index contributed by atoms with van der Waals surface area (Å²) >= 11 is 0. The molecule has 10 heteroatoms. The van der Waals surface area contributed by atoms with Crippen molar-refractivity contribution in [2.75, 3.05) is 31.1 Å². The predicted molar refractivity (Wildman–Crippen MR) is 172 cm³/mol. The maximum atomic E-state index is 17.1. The third kappa shape index (κ3) is 4.28. The third-order valence-electron chi connectivity index (χ3n) is 11.7. The van der Waals surface area contributed by atoms with Crippen molar-refractivity contribution in [3.8, 4) is 17.3 Å². The van der Waals surface area contributed by atoms with Gasteiger partial charge in [-0.1, -0.05) is 31.2 Å². The lowest BCUT2D eigenvalue weighted by molar-refractivity contribution is 0.107. The molecule has 0 amide bonds. The number of benzene rings is 2. The molecule has 0 unspecified atom stereocenters. The number of nitrogens with zero attached hydrogens (tertiary/aromatic N) is 5. The fraction of sp³-hybridized carbons (Fsp3) is 0.528. The van der Waals surface area contributed by atoms with Crippen LogP contribution in [0.15, 0.2) is 30.3 Å². The summed E-state index contributed by atoms with van der Waals surface area (Å²) in [6.45, 7) is 6.33. The standard InChI is InChI=1S/C36H39F3N6O/c1-19-7-11-26-29-32(30(39)31(41-26)24-6-3-5-21-8-10-25(38)20(2)28(21)24)42-35(46-18-36-13-4-14-44(36)16-22(37)15-36)43-34(29)45-17-23-9-12-27(40-23)33(19)45/h3,5-6,8,10,19,22-23,27,33,40H,4,7,9,11-18H2,1-2H3/t19-,22+,23+,27-,33-,36-/m0/s1. The van der Waals surface area contributed by atoms with Gasteiger partial charge < -0.3 is 15.0 Å². The molecule has 4 aromatic rings. The van der Waals surface area contributed by atoms with Gasteiger partial charge in [-0.25, -0.2) is 18.2 Å². The number of rotatable bonds is 4. The average Bonchev–Trinajstić information content (AvgIpc) is 3.71. The maximum absolute atomic E-state index is 17.1. The molecule has 0 spiro atoms. The van der Waals surface area contributed by atoms with E-state index in [2.05, 4.69) is 22.0 Å². The summed E-state index contributed by atoms with van der Waals surface area (Å²) in [5.41, 5.74) is 1.72. The molecule has 46 heavy (non-hydrogen) atoms. The van der Waals surface area contributed by atoms with Gasteiger partial charge in [-0.2, -0.15) is 9.97 Å². The molecule has 4 fully saturated rings. The summed E-state index contributed by atoms with van der Waals surface area (Å²) in [5, 5.41) is 5.93. The summed E-state index contributed by atoms with van der Waals surface area (Å²) in [6, 6.07) is 9.75. The first-order chi connectivity index (χ1) is 22.3. The second kappa shape index (κ2) is 10.5. The van der Waals surface area contributed by atoms with E-state index in [1.807, 2.05) is 18.2 Å². The molecular weight excluding hydrogens is 589 g/mol. The van der Waals surface area contributed by atoms with Gasteiger partial charge in [0.2, 0.25) is 0 Å². The highest BCUT2D eigenvalue weighted by Crippen LogP contribution is 2.44. The van der Waals surface area contributed by atoms with E-state index in [0.717, 1.165) is 56.3 Å². The van der Waals surface area contributed by atoms with Gasteiger partial charge in [-0.05, 0) is 80.3 Å². The van der Waals surface area contributed by atoms with Gasteiger partial charge in [0.25, 0.3) is 0 Å². The minimum Gasteiger partial charge on any atom is -0.461 e. The first-order valence-electron chi connectivity index (χ1n) is 16.9. The molecule has 5 aliphatic heterocycles. The summed E-state index contributed by atoms with van der Waals surface area (Å²) in [4.78, 5) is 19.4. The van der Waals surface area contributed by atoms with Gasteiger partial charge in [0, 0.05) is 43.2 Å². The SMILES string of the molecule is Cc1c(F)ccc2cccc(-c3nc4c5c(nc(OC[C@@]67CCCN6C[C@H](F)C7)nc5c3F)N3C[C@H]5CC[C@H](N5)[C@@H]3[C@@H](C)CC4)c12. The van der Waals surface area contributed by atoms with Crippen LogP contribution in [0.4, 0.5) is 19.0 Å². The van der Waals surface area contributed by atoms with Gasteiger partial charge in [-0.3, -0.25) is 4.90 Å². The highest BCUT2D eigenvalue weighted by Gasteiger charge is 2.50. The number of aromatic nitrogens is 3. The number of ether oxygens (including phenoxy) is 1. The van der Waals surface area contributed by atoms with Gasteiger partial charge in [-0.15, -0.1) is 0 Å². The van der Waals surface area contributed by atoms with Crippen LogP contribution in [-0.4, -0.2) is 75.9 Å². The van der Waals surface area contributed by atoms with E-state index >= 15 is 4.39 Å². The molecule has 7 heterocycles. The second-order valence-electron chi connectivity index (χ2n) is 14.4. The number of halogens is 3. The molecule has 0 aliphatic carbocycles. The Morgan fingerprint density at radius 2 is 1.93 bits per heavy atom. The maximum Gasteiger partial charge on any atom is 0.319 e. The Hall–Kier alpha value is -3.50. The van der Waals surface area contributed by atoms with E-state index in [-0.39, 0.29) is 41.2 Å². The van der Waals surface area contributed by atoms with Crippen molar-refractivity contribution < 1.29 is 17.9 Å². The first kappa shape index (κ1) is 28.7. The Morgan fingerprint density at radius 3 is 2.83 bits per heavy atom. The van der Waals surface area contributed by atoms with Crippen LogP contribution in [0.25, 0.3) is 32.9 Å². The van der Waals surface area contributed by atoms with Gasteiger partial charge in [0.15, 0.2) is 5.82 Å². The fourth-order valence-corrected chi connectivity index (χ4v) is 9.52. The van der Waals surface area contributed by atoms with Gasteiger partial charge in [0.05, 0.1) is 16.6 Å². The van der Waals surface area contributed by atoms with Crippen molar-refractivity contribution in [2.45, 2.75) is 88.6 Å². The number of hydrogen-bond donors (Lipinski definition) is 1. The van der Waals surface area contributed by atoms with Crippen LogP contribution >= 0.6 is 0 Å². The number of pyridine rings is 1. The van der Waals surface area contributed by atoms with Crippen LogP contribution in [0.3, 0.4) is 0 Å². The van der Waals surface area contributed by atoms with Crippen LogP contribution in [0.1, 0.15) is 56.7 Å². The topological polar surface area (TPSA) is 66.4 Å². The molecule has 2 aromatic heterocycles. The van der Waals surface area contributed by atoms with Crippen molar-refractivity contribution in [3.05, 3.63) is 53.2 Å². The molecule has 7 nitrogen and oxygen atoms in total. The zero-order valence-corrected chi connectivity index (χ0v) is 26.3. The molecule has 5 aliphatic rings. The molecule has 0 radical (unpaired) electrons. The molecule has 240 valence electrons. The van der Waals surface area contributed by atoms with Crippen molar-refractivity contribution in [1.82, 2.24) is 25.2 Å². The highest BCUT2D eigenvalue weighted by atomic mass is 19.1. The fourth-order valence-electron chi connectivity index (χ4n) is 9.52. The number of piperazine rings is 1. The Kier molecular flexibility index (Phi) is 6.55. The summed E-state index contributed by atoms with van der Waals surface area (Å²) in [6.07, 6.45) is 5.15. The molecule has 4 saturated heterocycles. The smallest absolute Gasteiger partial charge is 0.319 e. The quantitative estimate of drug-likeness (QED) is 0.286. The molecule has 2 aromatic carbocycles. The monoisotopic (exact) mass is 628 g/mol. The number of anilines is 1. The van der Waals surface area contributed by atoms with Gasteiger partial charge in [0.1, 0.15) is 35.6 Å². The molecule has 6 atom stereocenters. The third-order valence-corrected chi connectivity index (χ3v) is 11.7. The van der Waals surface area contributed by atoms with Crippen molar-refractivity contribution >= 4 is 27.5 Å². The zero-order valence-electron chi connectivity index (χ0n) is 26.3. The number of aryl methyl sites for hydroxylation is 2. The molecule has 9 rings (SSSR count). The lowest BCUT2D eigenvalue weighted by Gasteiger charge is -2.46. The van der Waals surface area contributed by atoms with Crippen LogP contribution in [0, 0.1) is 24.5 Å². The molecule has 0 saturated carbocycles. The average molecular weight is 629 g/mol. The first-order valence-corrected chi connectivity index (χ1v) is 16.9. The van der Waals surface area contributed by atoms with Crippen molar-refractivity contribution in [3.63, 3.8) is 0 Å². The van der Waals surface area contributed by atoms with Crippen molar-refractivity contribution in [2.24, 2.45) is 5.92 Å². The van der Waals surface area contributed by atoms with Crippen LogP contribution in [0.2, 0.25) is 0 Å². The van der Waals surface area contributed by atoms with E-state index in [4.69, 9.17) is 19.7 Å². The molecule has 2 bridgehead atoms. The number of alkyl halides is 1. The number of fused-ring (bicyclic) bond motifs is 7. The summed E-state index contributed by atoms with van der Waals surface area (Å²) in [5.74, 6) is 0.122. The highest BCUT2D eigenvalue weighted by molar-refractivity contribution is 6.01. The van der Waals surface area contributed by atoms with E-state index in [1.54, 1.807) is 13.0 Å². The molecular formula is C36H39F3N6O. The lowest BCUT2D eigenvalue weighted by atomic mass is 9.85. The predicted octanol–water partition coefficient (Wildman–Crippen LogP) is 6.28. The second-order valence-corrected chi connectivity index (χ2v) is 14.4. The normalized spacial score (nSPS) is 30.5. The van der Waals surface area contributed by atoms with Crippen LogP contribution in [-0.2, 0) is 6.42 Å².